The van der Waals surface area contributed by atoms with Crippen LogP contribution in [0.4, 0.5) is 15.8 Å². The third-order valence-corrected chi connectivity index (χ3v) is 4.40. The molecule has 5 heteroatoms. The summed E-state index contributed by atoms with van der Waals surface area (Å²) in [5.74, 6) is -0.313. The van der Waals surface area contributed by atoms with Gasteiger partial charge in [0.1, 0.15) is 5.82 Å². The highest BCUT2D eigenvalue weighted by atomic mass is 79.9. The lowest BCUT2D eigenvalue weighted by atomic mass is 9.93. The quantitative estimate of drug-likeness (QED) is 0.767. The fourth-order valence-electron chi connectivity index (χ4n) is 2.94. The third-order valence-electron chi connectivity index (χ3n) is 3.79. The second kappa shape index (κ2) is 4.23. The Morgan fingerprint density at radius 1 is 1.22 bits per heavy atom. The number of benzene rings is 1. The lowest BCUT2D eigenvalue weighted by molar-refractivity contribution is -0.117. The first-order valence-electron chi connectivity index (χ1n) is 6.15. The van der Waals surface area contributed by atoms with E-state index in [-0.39, 0.29) is 17.3 Å². The van der Waals surface area contributed by atoms with Crippen molar-refractivity contribution in [1.29, 1.82) is 0 Å². The van der Waals surface area contributed by atoms with Crippen molar-refractivity contribution in [1.82, 2.24) is 0 Å². The molecule has 1 aromatic carbocycles. The Morgan fingerprint density at radius 3 is 2.67 bits per heavy atom. The number of carbonyl (C=O) groups excluding carboxylic acids is 1. The first kappa shape index (κ1) is 12.0. The Balaban J connectivity index is 2.05. The Labute approximate surface area is 113 Å². The van der Waals surface area contributed by atoms with Crippen LogP contribution in [-0.4, -0.2) is 11.4 Å². The molecule has 0 radical (unpaired) electrons. The molecule has 1 fully saturated rings. The highest BCUT2D eigenvalue weighted by molar-refractivity contribution is 9.10. The van der Waals surface area contributed by atoms with Crippen molar-refractivity contribution in [2.45, 2.75) is 37.6 Å². The van der Waals surface area contributed by atoms with Crippen LogP contribution in [0.15, 0.2) is 16.6 Å². The van der Waals surface area contributed by atoms with Gasteiger partial charge in [0.2, 0.25) is 5.91 Å². The predicted octanol–water partition coefficient (Wildman–Crippen LogP) is 3.66. The van der Waals surface area contributed by atoms with Gasteiger partial charge >= 0.3 is 0 Å². The summed E-state index contributed by atoms with van der Waals surface area (Å²) in [6.07, 6.45) is 4.64. The first-order chi connectivity index (χ1) is 8.58. The maximum absolute atomic E-state index is 13.6. The fourth-order valence-corrected chi connectivity index (χ4v) is 3.28. The Morgan fingerprint density at radius 2 is 1.94 bits per heavy atom. The fraction of sp³-hybridized carbons (Fsp3) is 0.462. The van der Waals surface area contributed by atoms with Gasteiger partial charge in [0.05, 0.1) is 15.8 Å². The molecule has 0 unspecified atom stereocenters. The molecule has 0 saturated heterocycles. The molecule has 18 heavy (non-hydrogen) atoms. The number of hydrogen-bond donors (Lipinski definition) is 2. The molecule has 1 aromatic rings. The number of nitrogens with one attached hydrogen (secondary N) is 2. The summed E-state index contributed by atoms with van der Waals surface area (Å²) >= 11 is 3.14. The van der Waals surface area contributed by atoms with Gasteiger partial charge in [0.25, 0.3) is 0 Å². The van der Waals surface area contributed by atoms with Gasteiger partial charge < -0.3 is 10.6 Å². The second-order valence-electron chi connectivity index (χ2n) is 5.15. The lowest BCUT2D eigenvalue weighted by Gasteiger charge is -2.28. The van der Waals surface area contributed by atoms with Crippen LogP contribution in [0.5, 0.6) is 0 Å². The summed E-state index contributed by atoms with van der Waals surface area (Å²) in [4.78, 5) is 11.9. The summed E-state index contributed by atoms with van der Waals surface area (Å²) in [6.45, 7) is 0. The van der Waals surface area contributed by atoms with E-state index in [0.717, 1.165) is 25.7 Å². The van der Waals surface area contributed by atoms with E-state index in [0.29, 0.717) is 22.3 Å². The number of hydrogen-bond acceptors (Lipinski definition) is 2. The maximum atomic E-state index is 13.6. The summed E-state index contributed by atoms with van der Waals surface area (Å²) in [5.41, 5.74) is 1.15. The predicted molar refractivity (Wildman–Crippen MR) is 72.2 cm³/mol. The largest absolute Gasteiger partial charge is 0.377 e. The van der Waals surface area contributed by atoms with E-state index in [9.17, 15) is 9.18 Å². The number of fused-ring (bicyclic) bond motifs is 1. The lowest BCUT2D eigenvalue weighted by Crippen LogP contribution is -2.36. The molecule has 2 N–H and O–H groups in total. The molecule has 1 aliphatic heterocycles. The van der Waals surface area contributed by atoms with E-state index >= 15 is 0 Å². The molecule has 1 saturated carbocycles. The van der Waals surface area contributed by atoms with Crippen molar-refractivity contribution < 1.29 is 9.18 Å². The molecule has 3 nitrogen and oxygen atoms in total. The number of halogens is 2. The van der Waals surface area contributed by atoms with Crippen molar-refractivity contribution in [3.8, 4) is 0 Å². The summed E-state index contributed by atoms with van der Waals surface area (Å²) in [6, 6.07) is 3.06. The average molecular weight is 313 g/mol. The number of carbonyl (C=O) groups is 1. The summed E-state index contributed by atoms with van der Waals surface area (Å²) in [5, 5.41) is 6.23. The van der Waals surface area contributed by atoms with Crippen LogP contribution in [0.3, 0.4) is 0 Å². The SMILES string of the molecule is O=C1CC2(CCCC2)Nc2cc(F)c(Br)cc2N1. The Hall–Kier alpha value is -1.10. The first-order valence-corrected chi connectivity index (χ1v) is 6.94. The third kappa shape index (κ3) is 2.00. The van der Waals surface area contributed by atoms with Crippen molar-refractivity contribution in [3.05, 3.63) is 22.4 Å². The van der Waals surface area contributed by atoms with Crippen LogP contribution in [0.1, 0.15) is 32.1 Å². The van der Waals surface area contributed by atoms with Gasteiger partial charge in [-0.2, -0.15) is 0 Å². The topological polar surface area (TPSA) is 41.1 Å². The van der Waals surface area contributed by atoms with Gasteiger partial charge in [-0.3, -0.25) is 4.79 Å². The number of amides is 1. The van der Waals surface area contributed by atoms with Crippen molar-refractivity contribution in [2.75, 3.05) is 10.6 Å². The minimum atomic E-state index is -0.314. The van der Waals surface area contributed by atoms with E-state index in [4.69, 9.17) is 0 Å². The molecule has 3 rings (SSSR count). The van der Waals surface area contributed by atoms with E-state index in [2.05, 4.69) is 26.6 Å². The molecule has 1 amide bonds. The molecule has 0 bridgehead atoms. The molecule has 0 aromatic heterocycles. The van der Waals surface area contributed by atoms with E-state index in [1.54, 1.807) is 6.07 Å². The smallest absolute Gasteiger partial charge is 0.226 e. The normalized spacial score (nSPS) is 21.1. The van der Waals surface area contributed by atoms with Gasteiger partial charge in [-0.25, -0.2) is 4.39 Å². The van der Waals surface area contributed by atoms with Crippen LogP contribution in [0, 0.1) is 5.82 Å². The number of anilines is 2. The zero-order valence-corrected chi connectivity index (χ0v) is 11.4. The molecule has 1 spiro atoms. The zero-order valence-electron chi connectivity index (χ0n) is 9.85. The number of rotatable bonds is 0. The minimum absolute atomic E-state index is 0.00154. The van der Waals surface area contributed by atoms with Gasteiger partial charge in [0.15, 0.2) is 0 Å². The Kier molecular flexibility index (Phi) is 2.81. The van der Waals surface area contributed by atoms with E-state index in [1.807, 2.05) is 0 Å². The molecule has 96 valence electrons. The molecule has 2 aliphatic rings. The standard InChI is InChI=1S/C13H14BrFN2O/c14-8-5-10-11(6-9(8)15)17-13(3-1-2-4-13)7-12(18)16-10/h5-6,17H,1-4,7H2,(H,16,18). The van der Waals surface area contributed by atoms with Crippen LogP contribution in [0.25, 0.3) is 0 Å². The highest BCUT2D eigenvalue weighted by Crippen LogP contribution is 2.41. The van der Waals surface area contributed by atoms with Gasteiger partial charge in [-0.05, 0) is 34.8 Å². The van der Waals surface area contributed by atoms with Crippen LogP contribution >= 0.6 is 15.9 Å². The maximum Gasteiger partial charge on any atom is 0.226 e. The average Bonchev–Trinajstić information content (AvgIpc) is 2.68. The highest BCUT2D eigenvalue weighted by Gasteiger charge is 2.38. The molecule has 1 aliphatic carbocycles. The van der Waals surface area contributed by atoms with Crippen LogP contribution in [-0.2, 0) is 4.79 Å². The van der Waals surface area contributed by atoms with Crippen molar-refractivity contribution in [3.63, 3.8) is 0 Å². The molecule has 0 atom stereocenters. The summed E-state index contributed by atoms with van der Waals surface area (Å²) < 4.78 is 14.0. The van der Waals surface area contributed by atoms with Crippen LogP contribution < -0.4 is 10.6 Å². The van der Waals surface area contributed by atoms with Crippen LogP contribution in [0.2, 0.25) is 0 Å². The minimum Gasteiger partial charge on any atom is -0.377 e. The molecule has 1 heterocycles. The van der Waals surface area contributed by atoms with Gasteiger partial charge in [-0.15, -0.1) is 0 Å². The van der Waals surface area contributed by atoms with Crippen molar-refractivity contribution >= 4 is 33.2 Å². The second-order valence-corrected chi connectivity index (χ2v) is 6.00. The van der Waals surface area contributed by atoms with E-state index in [1.165, 1.54) is 6.07 Å². The van der Waals surface area contributed by atoms with E-state index < -0.39 is 0 Å². The monoisotopic (exact) mass is 312 g/mol. The summed E-state index contributed by atoms with van der Waals surface area (Å²) in [7, 11) is 0. The van der Waals surface area contributed by atoms with Crippen molar-refractivity contribution in [2.24, 2.45) is 0 Å². The molecular formula is C13H14BrFN2O. The molecular weight excluding hydrogens is 299 g/mol. The van der Waals surface area contributed by atoms with Gasteiger partial charge in [-0.1, -0.05) is 12.8 Å². The van der Waals surface area contributed by atoms with Gasteiger partial charge in [0, 0.05) is 18.0 Å². The zero-order chi connectivity index (χ0) is 12.8. The Bertz CT molecular complexity index is 512.